The van der Waals surface area contributed by atoms with E-state index in [0.29, 0.717) is 5.92 Å². The number of nitrogens with one attached hydrogen (secondary N) is 2. The Morgan fingerprint density at radius 3 is 2.65 bits per heavy atom. The van der Waals surface area contributed by atoms with Crippen LogP contribution < -0.4 is 10.6 Å². The highest BCUT2D eigenvalue weighted by Crippen LogP contribution is 2.20. The highest BCUT2D eigenvalue weighted by Gasteiger charge is 2.09. The predicted octanol–water partition coefficient (Wildman–Crippen LogP) is 1.51. The highest BCUT2D eigenvalue weighted by molar-refractivity contribution is 5.57. The monoisotopic (exact) mass is 238 g/mol. The summed E-state index contributed by atoms with van der Waals surface area (Å²) in [5.41, 5.74) is 1.10. The largest absolute Gasteiger partial charge is 0.396 e. The summed E-state index contributed by atoms with van der Waals surface area (Å²) in [6.07, 6.45) is 3.25. The maximum absolute atomic E-state index is 8.85. The molecule has 0 saturated heterocycles. The molecule has 0 aliphatic carbocycles. The molecule has 0 bridgehead atoms. The molecule has 0 saturated carbocycles. The molecule has 5 heteroatoms. The van der Waals surface area contributed by atoms with Gasteiger partial charge in [0.2, 0.25) is 0 Å². The minimum Gasteiger partial charge on any atom is -0.396 e. The second-order valence-electron chi connectivity index (χ2n) is 4.15. The van der Waals surface area contributed by atoms with Crippen molar-refractivity contribution in [2.45, 2.75) is 26.7 Å². The van der Waals surface area contributed by atoms with Gasteiger partial charge in [-0.1, -0.05) is 13.8 Å². The zero-order valence-corrected chi connectivity index (χ0v) is 10.8. The fraction of sp³-hybridized carbons (Fsp3) is 0.667. The van der Waals surface area contributed by atoms with Gasteiger partial charge in [-0.05, 0) is 18.8 Å². The first-order valence-electron chi connectivity index (χ1n) is 6.09. The Morgan fingerprint density at radius 2 is 2.06 bits per heavy atom. The summed E-state index contributed by atoms with van der Waals surface area (Å²) in [5, 5.41) is 15.2. The van der Waals surface area contributed by atoms with Crippen LogP contribution in [-0.2, 0) is 6.42 Å². The van der Waals surface area contributed by atoms with Gasteiger partial charge in [-0.15, -0.1) is 0 Å². The van der Waals surface area contributed by atoms with Gasteiger partial charge in [0, 0.05) is 25.8 Å². The minimum absolute atomic E-state index is 0.231. The molecule has 17 heavy (non-hydrogen) atoms. The molecule has 0 aromatic carbocycles. The molecule has 0 aliphatic heterocycles. The maximum Gasteiger partial charge on any atom is 0.134 e. The van der Waals surface area contributed by atoms with Gasteiger partial charge in [-0.25, -0.2) is 9.97 Å². The Morgan fingerprint density at radius 1 is 1.35 bits per heavy atom. The van der Waals surface area contributed by atoms with Crippen LogP contribution in [0, 0.1) is 5.92 Å². The molecule has 1 aromatic rings. The van der Waals surface area contributed by atoms with E-state index in [1.807, 2.05) is 7.05 Å². The van der Waals surface area contributed by atoms with Gasteiger partial charge in [0.1, 0.15) is 18.0 Å². The quantitative estimate of drug-likeness (QED) is 0.671. The minimum atomic E-state index is 0.231. The highest BCUT2D eigenvalue weighted by atomic mass is 16.3. The summed E-state index contributed by atoms with van der Waals surface area (Å²) in [4.78, 5) is 8.46. The van der Waals surface area contributed by atoms with Crippen molar-refractivity contribution in [2.75, 3.05) is 30.8 Å². The van der Waals surface area contributed by atoms with Gasteiger partial charge in [0.05, 0.1) is 0 Å². The Labute approximate surface area is 103 Å². The number of anilines is 2. The van der Waals surface area contributed by atoms with Crippen LogP contribution in [0.5, 0.6) is 0 Å². The number of hydrogen-bond acceptors (Lipinski definition) is 5. The van der Waals surface area contributed by atoms with E-state index in [4.69, 9.17) is 5.11 Å². The Kier molecular flexibility index (Phi) is 5.69. The molecular weight excluding hydrogens is 216 g/mol. The molecular formula is C12H22N4O. The van der Waals surface area contributed by atoms with E-state index in [9.17, 15) is 0 Å². The van der Waals surface area contributed by atoms with Crippen LogP contribution in [0.15, 0.2) is 6.33 Å². The van der Waals surface area contributed by atoms with E-state index in [1.165, 1.54) is 0 Å². The second kappa shape index (κ2) is 7.06. The summed E-state index contributed by atoms with van der Waals surface area (Å²) >= 11 is 0. The number of nitrogens with zero attached hydrogens (tertiary/aromatic N) is 2. The molecule has 0 radical (unpaired) electrons. The SMILES string of the molecule is CCc1c(NC)ncnc1NCC(C)CCO. The molecule has 1 heterocycles. The Bertz CT molecular complexity index is 343. The average molecular weight is 238 g/mol. The van der Waals surface area contributed by atoms with E-state index >= 15 is 0 Å². The summed E-state index contributed by atoms with van der Waals surface area (Å²) < 4.78 is 0. The molecule has 1 unspecified atom stereocenters. The summed E-state index contributed by atoms with van der Waals surface area (Å²) in [7, 11) is 1.86. The van der Waals surface area contributed by atoms with Crippen molar-refractivity contribution >= 4 is 11.6 Å². The summed E-state index contributed by atoms with van der Waals surface area (Å²) in [6.45, 7) is 5.24. The topological polar surface area (TPSA) is 70.1 Å². The van der Waals surface area contributed by atoms with E-state index in [0.717, 1.165) is 36.6 Å². The first-order chi connectivity index (χ1) is 8.22. The van der Waals surface area contributed by atoms with Crippen LogP contribution in [0.3, 0.4) is 0 Å². The second-order valence-corrected chi connectivity index (χ2v) is 4.15. The van der Waals surface area contributed by atoms with Crippen molar-refractivity contribution in [3.05, 3.63) is 11.9 Å². The fourth-order valence-electron chi connectivity index (χ4n) is 1.71. The Hall–Kier alpha value is -1.36. The van der Waals surface area contributed by atoms with Crippen molar-refractivity contribution < 1.29 is 5.11 Å². The summed E-state index contributed by atoms with van der Waals surface area (Å²) in [5.74, 6) is 2.19. The number of aromatic nitrogens is 2. The molecule has 0 aliphatic rings. The van der Waals surface area contributed by atoms with Crippen molar-refractivity contribution in [1.82, 2.24) is 9.97 Å². The van der Waals surface area contributed by atoms with Gasteiger partial charge < -0.3 is 15.7 Å². The zero-order valence-electron chi connectivity index (χ0n) is 10.8. The first-order valence-corrected chi connectivity index (χ1v) is 6.09. The van der Waals surface area contributed by atoms with Crippen molar-refractivity contribution in [2.24, 2.45) is 5.92 Å². The molecule has 1 atom stereocenters. The zero-order chi connectivity index (χ0) is 12.7. The van der Waals surface area contributed by atoms with Crippen LogP contribution in [-0.4, -0.2) is 35.3 Å². The van der Waals surface area contributed by atoms with E-state index in [2.05, 4.69) is 34.4 Å². The van der Waals surface area contributed by atoms with Crippen LogP contribution in [0.4, 0.5) is 11.6 Å². The Balaban J connectivity index is 2.70. The third kappa shape index (κ3) is 3.85. The first kappa shape index (κ1) is 13.7. The van der Waals surface area contributed by atoms with Gasteiger partial charge in [-0.3, -0.25) is 0 Å². The number of rotatable bonds is 7. The lowest BCUT2D eigenvalue weighted by atomic mass is 10.1. The maximum atomic E-state index is 8.85. The molecule has 1 rings (SSSR count). The molecule has 0 spiro atoms. The molecule has 1 aromatic heterocycles. The van der Waals surface area contributed by atoms with Gasteiger partial charge in [0.15, 0.2) is 0 Å². The lowest BCUT2D eigenvalue weighted by Crippen LogP contribution is -2.15. The number of hydrogen-bond donors (Lipinski definition) is 3. The average Bonchev–Trinajstić information content (AvgIpc) is 2.36. The van der Waals surface area contributed by atoms with Crippen molar-refractivity contribution in [1.29, 1.82) is 0 Å². The third-order valence-electron chi connectivity index (χ3n) is 2.78. The van der Waals surface area contributed by atoms with Gasteiger partial charge >= 0.3 is 0 Å². The van der Waals surface area contributed by atoms with Gasteiger partial charge in [-0.2, -0.15) is 0 Å². The summed E-state index contributed by atoms with van der Waals surface area (Å²) in [6, 6.07) is 0. The van der Waals surface area contributed by atoms with Crippen LogP contribution in [0.2, 0.25) is 0 Å². The van der Waals surface area contributed by atoms with Crippen molar-refractivity contribution in [3.63, 3.8) is 0 Å². The normalized spacial score (nSPS) is 12.2. The standard InChI is InChI=1S/C12H22N4O/c1-4-10-11(13-3)15-8-16-12(10)14-7-9(2)5-6-17/h8-9,17H,4-7H2,1-3H3,(H2,13,14,15,16). The molecule has 0 fully saturated rings. The van der Waals surface area contributed by atoms with Crippen LogP contribution in [0.25, 0.3) is 0 Å². The molecule has 96 valence electrons. The number of aliphatic hydroxyl groups is 1. The molecule has 5 nitrogen and oxygen atoms in total. The third-order valence-corrected chi connectivity index (χ3v) is 2.78. The van der Waals surface area contributed by atoms with Crippen LogP contribution in [0.1, 0.15) is 25.8 Å². The lowest BCUT2D eigenvalue weighted by Gasteiger charge is -2.15. The van der Waals surface area contributed by atoms with Crippen molar-refractivity contribution in [3.8, 4) is 0 Å². The van der Waals surface area contributed by atoms with E-state index in [1.54, 1.807) is 6.33 Å². The predicted molar refractivity (Wildman–Crippen MR) is 70.3 cm³/mol. The molecule has 3 N–H and O–H groups in total. The van der Waals surface area contributed by atoms with Gasteiger partial charge in [0.25, 0.3) is 0 Å². The van der Waals surface area contributed by atoms with E-state index < -0.39 is 0 Å². The molecule has 0 amide bonds. The smallest absolute Gasteiger partial charge is 0.134 e. The number of aliphatic hydroxyl groups excluding tert-OH is 1. The fourth-order valence-corrected chi connectivity index (χ4v) is 1.71. The van der Waals surface area contributed by atoms with Crippen LogP contribution >= 0.6 is 0 Å². The lowest BCUT2D eigenvalue weighted by molar-refractivity contribution is 0.266. The van der Waals surface area contributed by atoms with E-state index in [-0.39, 0.29) is 6.61 Å².